The SMILES string of the molecule is c1coc(CCN=C(NC2CCOc3ccccc32)NC2C3CCOC3C23CCC3)c1. The quantitative estimate of drug-likeness (QED) is 0.567. The topological polar surface area (TPSA) is 68.0 Å². The van der Waals surface area contributed by atoms with E-state index < -0.39 is 0 Å². The third-order valence-corrected chi connectivity index (χ3v) is 7.81. The van der Waals surface area contributed by atoms with Crippen LogP contribution in [0.3, 0.4) is 0 Å². The summed E-state index contributed by atoms with van der Waals surface area (Å²) in [5.74, 6) is 3.47. The lowest BCUT2D eigenvalue weighted by atomic mass is 9.46. The lowest BCUT2D eigenvalue weighted by Crippen LogP contribution is -2.72. The molecule has 6 nitrogen and oxygen atoms in total. The Kier molecular flexibility index (Phi) is 4.90. The predicted octanol–water partition coefficient (Wildman–Crippen LogP) is 3.84. The molecule has 6 heteroatoms. The second-order valence-electron chi connectivity index (χ2n) is 9.38. The molecule has 0 radical (unpaired) electrons. The first kappa shape index (κ1) is 19.2. The van der Waals surface area contributed by atoms with E-state index in [-0.39, 0.29) is 6.04 Å². The van der Waals surface area contributed by atoms with Gasteiger partial charge >= 0.3 is 0 Å². The number of benzene rings is 1. The summed E-state index contributed by atoms with van der Waals surface area (Å²) >= 11 is 0. The normalized spacial score (nSPS) is 30.5. The van der Waals surface area contributed by atoms with Gasteiger partial charge in [0.25, 0.3) is 0 Å². The zero-order chi connectivity index (χ0) is 20.7. The largest absolute Gasteiger partial charge is 0.493 e. The summed E-state index contributed by atoms with van der Waals surface area (Å²) in [6, 6.07) is 12.9. The smallest absolute Gasteiger partial charge is 0.192 e. The Morgan fingerprint density at radius 2 is 2.00 bits per heavy atom. The van der Waals surface area contributed by atoms with E-state index in [0.29, 0.717) is 30.0 Å². The molecular weight excluding hydrogens is 390 g/mol. The van der Waals surface area contributed by atoms with Crippen LogP contribution in [0.15, 0.2) is 52.1 Å². The van der Waals surface area contributed by atoms with Gasteiger partial charge in [-0.15, -0.1) is 0 Å². The van der Waals surface area contributed by atoms with E-state index in [2.05, 4.69) is 28.8 Å². The molecule has 2 saturated carbocycles. The Morgan fingerprint density at radius 3 is 2.84 bits per heavy atom. The highest BCUT2D eigenvalue weighted by Gasteiger charge is 2.66. The number of ether oxygens (including phenoxy) is 2. The molecule has 2 N–H and O–H groups in total. The van der Waals surface area contributed by atoms with Crippen LogP contribution in [0.2, 0.25) is 0 Å². The van der Waals surface area contributed by atoms with Crippen molar-refractivity contribution in [2.24, 2.45) is 16.3 Å². The number of rotatable bonds is 5. The van der Waals surface area contributed by atoms with E-state index in [1.807, 2.05) is 18.2 Å². The van der Waals surface area contributed by atoms with Crippen LogP contribution in [0, 0.1) is 11.3 Å². The van der Waals surface area contributed by atoms with Crippen molar-refractivity contribution in [3.63, 3.8) is 0 Å². The molecule has 2 aromatic rings. The van der Waals surface area contributed by atoms with Crippen molar-refractivity contribution in [2.45, 2.75) is 56.7 Å². The molecule has 1 saturated heterocycles. The first-order valence-electron chi connectivity index (χ1n) is 11.8. The number of fused-ring (bicyclic) bond motifs is 3. The van der Waals surface area contributed by atoms with Crippen LogP contribution in [0.1, 0.15) is 49.5 Å². The monoisotopic (exact) mass is 421 g/mol. The van der Waals surface area contributed by atoms with Gasteiger partial charge in [-0.05, 0) is 37.5 Å². The number of guanidine groups is 1. The fourth-order valence-corrected chi connectivity index (χ4v) is 6.13. The van der Waals surface area contributed by atoms with Crippen LogP contribution in [-0.4, -0.2) is 37.9 Å². The van der Waals surface area contributed by atoms with Crippen molar-refractivity contribution in [1.29, 1.82) is 0 Å². The Hall–Kier alpha value is -2.47. The highest BCUT2D eigenvalue weighted by atomic mass is 16.5. The van der Waals surface area contributed by atoms with Crippen molar-refractivity contribution in [3.8, 4) is 5.75 Å². The molecular formula is C25H31N3O3. The second-order valence-corrected chi connectivity index (χ2v) is 9.38. The molecule has 31 heavy (non-hydrogen) atoms. The minimum Gasteiger partial charge on any atom is -0.493 e. The fraction of sp³-hybridized carbons (Fsp3) is 0.560. The van der Waals surface area contributed by atoms with Crippen LogP contribution in [-0.2, 0) is 11.2 Å². The van der Waals surface area contributed by atoms with Crippen LogP contribution in [0.5, 0.6) is 5.75 Å². The van der Waals surface area contributed by atoms with E-state index in [9.17, 15) is 0 Å². The molecule has 4 aliphatic rings. The molecule has 1 aromatic carbocycles. The Balaban J connectivity index is 1.22. The van der Waals surface area contributed by atoms with E-state index in [1.165, 1.54) is 24.8 Å². The summed E-state index contributed by atoms with van der Waals surface area (Å²) in [4.78, 5) is 4.98. The van der Waals surface area contributed by atoms with Crippen LogP contribution < -0.4 is 15.4 Å². The van der Waals surface area contributed by atoms with Gasteiger partial charge < -0.3 is 24.5 Å². The molecule has 1 spiro atoms. The van der Waals surface area contributed by atoms with Crippen LogP contribution >= 0.6 is 0 Å². The zero-order valence-electron chi connectivity index (χ0n) is 17.9. The van der Waals surface area contributed by atoms with Crippen molar-refractivity contribution in [1.82, 2.24) is 10.6 Å². The molecule has 3 fully saturated rings. The van der Waals surface area contributed by atoms with E-state index in [4.69, 9.17) is 18.9 Å². The van der Waals surface area contributed by atoms with Gasteiger partial charge in [0.05, 0.1) is 25.0 Å². The minimum absolute atomic E-state index is 0.202. The Bertz CT molecular complexity index is 937. The van der Waals surface area contributed by atoms with Gasteiger partial charge in [-0.1, -0.05) is 24.6 Å². The lowest BCUT2D eigenvalue weighted by Gasteiger charge is -2.63. The van der Waals surface area contributed by atoms with Gasteiger partial charge in [-0.3, -0.25) is 4.99 Å². The molecule has 0 bridgehead atoms. The molecule has 2 aliphatic carbocycles. The third kappa shape index (κ3) is 3.32. The molecule has 3 heterocycles. The number of nitrogens with zero attached hydrogens (tertiary/aromatic N) is 1. The molecule has 6 rings (SSSR count). The Morgan fingerprint density at radius 1 is 1.06 bits per heavy atom. The molecule has 164 valence electrons. The van der Waals surface area contributed by atoms with Crippen LogP contribution in [0.25, 0.3) is 0 Å². The average molecular weight is 422 g/mol. The standard InChI is InChI=1S/C25H31N3O3/c1-2-7-21-18(6-1)20(10-16-30-21)27-24(26-13-8-17-5-3-14-29-17)28-22-19-9-15-31-23(19)25(22)11-4-12-25/h1-3,5-7,14,19-20,22-23H,4,8-13,15-16H2,(H2,26,27,28). The van der Waals surface area contributed by atoms with Gasteiger partial charge in [-0.2, -0.15) is 0 Å². The maximum absolute atomic E-state index is 6.12. The molecule has 0 amide bonds. The highest BCUT2D eigenvalue weighted by Crippen LogP contribution is 2.62. The van der Waals surface area contributed by atoms with Crippen molar-refractivity contribution in [3.05, 3.63) is 54.0 Å². The summed E-state index contributed by atoms with van der Waals surface area (Å²) in [6.07, 6.45) is 8.92. The van der Waals surface area contributed by atoms with Gasteiger partial charge in [0.15, 0.2) is 5.96 Å². The number of hydrogen-bond donors (Lipinski definition) is 2. The lowest BCUT2D eigenvalue weighted by molar-refractivity contribution is -0.171. The molecule has 4 unspecified atom stereocenters. The van der Waals surface area contributed by atoms with Crippen molar-refractivity contribution >= 4 is 5.96 Å². The van der Waals surface area contributed by atoms with Crippen LogP contribution in [0.4, 0.5) is 0 Å². The summed E-state index contributed by atoms with van der Waals surface area (Å²) in [6.45, 7) is 2.32. The Labute approximate surface area is 183 Å². The van der Waals surface area contributed by atoms with Crippen molar-refractivity contribution < 1.29 is 13.9 Å². The predicted molar refractivity (Wildman–Crippen MR) is 118 cm³/mol. The third-order valence-electron chi connectivity index (χ3n) is 7.81. The second kappa shape index (κ2) is 7.90. The van der Waals surface area contributed by atoms with E-state index in [1.54, 1.807) is 6.26 Å². The molecule has 1 aromatic heterocycles. The summed E-state index contributed by atoms with van der Waals surface area (Å²) in [5.41, 5.74) is 1.53. The number of nitrogens with one attached hydrogen (secondary N) is 2. The molecule has 2 aliphatic heterocycles. The number of hydrogen-bond acceptors (Lipinski definition) is 4. The molecule has 4 atom stereocenters. The zero-order valence-corrected chi connectivity index (χ0v) is 17.9. The minimum atomic E-state index is 0.202. The maximum atomic E-state index is 6.12. The van der Waals surface area contributed by atoms with E-state index >= 15 is 0 Å². The number of para-hydroxylation sites is 1. The first-order valence-corrected chi connectivity index (χ1v) is 11.8. The van der Waals surface area contributed by atoms with Gasteiger partial charge in [0, 0.05) is 48.9 Å². The number of furan rings is 1. The van der Waals surface area contributed by atoms with E-state index in [0.717, 1.165) is 49.9 Å². The highest BCUT2D eigenvalue weighted by molar-refractivity contribution is 5.81. The first-order chi connectivity index (χ1) is 15.3. The summed E-state index contributed by atoms with van der Waals surface area (Å²) in [5, 5.41) is 7.61. The van der Waals surface area contributed by atoms with Gasteiger partial charge in [-0.25, -0.2) is 0 Å². The van der Waals surface area contributed by atoms with Gasteiger partial charge in [0.2, 0.25) is 0 Å². The summed E-state index contributed by atoms with van der Waals surface area (Å²) < 4.78 is 17.5. The summed E-state index contributed by atoms with van der Waals surface area (Å²) in [7, 11) is 0. The van der Waals surface area contributed by atoms with Crippen molar-refractivity contribution in [2.75, 3.05) is 19.8 Å². The maximum Gasteiger partial charge on any atom is 0.192 e. The average Bonchev–Trinajstić information content (AvgIpc) is 3.42. The van der Waals surface area contributed by atoms with Gasteiger partial charge in [0.1, 0.15) is 11.5 Å². The fourth-order valence-electron chi connectivity index (χ4n) is 6.13. The number of aliphatic imine (C=N–C) groups is 1.